The molecule has 1 heterocycles. The lowest BCUT2D eigenvalue weighted by atomic mass is 9.99. The van der Waals surface area contributed by atoms with Gasteiger partial charge in [-0.25, -0.2) is 0 Å². The summed E-state index contributed by atoms with van der Waals surface area (Å²) in [7, 11) is 0. The maximum atomic E-state index is 11.9. The Morgan fingerprint density at radius 3 is 2.38 bits per heavy atom. The average Bonchev–Trinajstić information content (AvgIpc) is 3.08. The third kappa shape index (κ3) is 4.66. The van der Waals surface area contributed by atoms with Gasteiger partial charge < -0.3 is 15.7 Å². The number of hydrogen-bond donors (Lipinski definition) is 3. The van der Waals surface area contributed by atoms with Gasteiger partial charge in [-0.2, -0.15) is 11.3 Å². The summed E-state index contributed by atoms with van der Waals surface area (Å²) in [5.41, 5.74) is 1.21. The number of nitrogens with one attached hydrogen (secondary N) is 2. The van der Waals surface area contributed by atoms with Crippen LogP contribution in [0.1, 0.15) is 37.8 Å². The predicted octanol–water partition coefficient (Wildman–Crippen LogP) is 2.83. The van der Waals surface area contributed by atoms with Crippen molar-refractivity contribution >= 4 is 28.8 Å². The summed E-state index contributed by atoms with van der Waals surface area (Å²) >= 11 is 1.46. The molecule has 0 spiro atoms. The number of rotatable bonds is 5. The highest BCUT2D eigenvalue weighted by atomic mass is 32.1. The molecule has 3 N–H and O–H groups in total. The largest absolute Gasteiger partial charge is 0.384 e. The highest BCUT2D eigenvalue weighted by molar-refractivity contribution is 7.08. The van der Waals surface area contributed by atoms with Gasteiger partial charge in [0, 0.05) is 5.69 Å². The molecule has 0 radical (unpaired) electrons. The molecule has 6 heteroatoms. The fraction of sp³-hybridized carbons (Fsp3) is 0.333. The molecule has 1 atom stereocenters. The summed E-state index contributed by atoms with van der Waals surface area (Å²) < 4.78 is 0. The van der Waals surface area contributed by atoms with Crippen molar-refractivity contribution in [3.05, 3.63) is 52.2 Å². The molecular formula is C18H22N2O3S. The van der Waals surface area contributed by atoms with E-state index in [2.05, 4.69) is 24.5 Å². The van der Waals surface area contributed by atoms with E-state index in [1.165, 1.54) is 11.3 Å². The lowest BCUT2D eigenvalue weighted by Crippen LogP contribution is -2.43. The molecule has 0 saturated carbocycles. The zero-order valence-corrected chi connectivity index (χ0v) is 14.8. The van der Waals surface area contributed by atoms with Crippen LogP contribution < -0.4 is 10.6 Å². The quantitative estimate of drug-likeness (QED) is 0.729. The van der Waals surface area contributed by atoms with E-state index in [4.69, 9.17) is 0 Å². The van der Waals surface area contributed by atoms with Gasteiger partial charge in [0.15, 0.2) is 0 Å². The van der Waals surface area contributed by atoms with E-state index in [-0.39, 0.29) is 6.54 Å². The molecule has 2 rings (SSSR count). The molecule has 1 aromatic carbocycles. The molecule has 0 saturated heterocycles. The third-order valence-corrected chi connectivity index (χ3v) is 4.46. The van der Waals surface area contributed by atoms with Gasteiger partial charge in [0.2, 0.25) is 0 Å². The number of carbonyl (C=O) groups excluding carboxylic acids is 2. The summed E-state index contributed by atoms with van der Waals surface area (Å²) in [6, 6.07) is 9.15. The number of carbonyl (C=O) groups is 2. The molecule has 24 heavy (non-hydrogen) atoms. The zero-order valence-electron chi connectivity index (χ0n) is 14.0. The summed E-state index contributed by atoms with van der Waals surface area (Å²) in [4.78, 5) is 23.8. The second-order valence-corrected chi connectivity index (χ2v) is 6.98. The van der Waals surface area contributed by atoms with Gasteiger partial charge in [-0.05, 0) is 52.9 Å². The molecular weight excluding hydrogens is 324 g/mol. The first kappa shape index (κ1) is 18.2. The van der Waals surface area contributed by atoms with Crippen LogP contribution in [0.4, 0.5) is 5.69 Å². The Balaban J connectivity index is 1.89. The molecule has 0 fully saturated rings. The van der Waals surface area contributed by atoms with Crippen molar-refractivity contribution in [3.8, 4) is 0 Å². The number of benzene rings is 1. The second kappa shape index (κ2) is 7.59. The maximum Gasteiger partial charge on any atom is 0.313 e. The van der Waals surface area contributed by atoms with Crippen molar-refractivity contribution in [3.63, 3.8) is 0 Å². The SMILES string of the molecule is CC(C)c1ccc(NC(=O)C(=O)NCC(C)(O)c2ccsc2)cc1. The van der Waals surface area contributed by atoms with Crippen LogP contribution in [0.2, 0.25) is 0 Å². The van der Waals surface area contributed by atoms with Gasteiger partial charge >= 0.3 is 11.8 Å². The minimum absolute atomic E-state index is 0.0394. The van der Waals surface area contributed by atoms with Gasteiger partial charge in [0.25, 0.3) is 0 Å². The molecule has 5 nitrogen and oxygen atoms in total. The van der Waals surface area contributed by atoms with Crippen LogP contribution in [0.15, 0.2) is 41.1 Å². The van der Waals surface area contributed by atoms with Gasteiger partial charge in [-0.3, -0.25) is 9.59 Å². The lowest BCUT2D eigenvalue weighted by Gasteiger charge is -2.22. The third-order valence-electron chi connectivity index (χ3n) is 3.78. The van der Waals surface area contributed by atoms with Crippen LogP contribution in [-0.4, -0.2) is 23.5 Å². The first-order chi connectivity index (χ1) is 11.3. The Bertz CT molecular complexity index is 692. The fourth-order valence-corrected chi connectivity index (χ4v) is 2.93. The maximum absolute atomic E-state index is 11.9. The molecule has 1 unspecified atom stereocenters. The van der Waals surface area contributed by atoms with Gasteiger partial charge in [0.1, 0.15) is 5.60 Å². The number of anilines is 1. The molecule has 0 aliphatic carbocycles. The van der Waals surface area contributed by atoms with Crippen molar-refractivity contribution in [2.24, 2.45) is 0 Å². The molecule has 2 aromatic rings. The number of thiophene rings is 1. The van der Waals surface area contributed by atoms with Crippen LogP contribution in [0, 0.1) is 0 Å². The van der Waals surface area contributed by atoms with Crippen molar-refractivity contribution in [1.29, 1.82) is 0 Å². The smallest absolute Gasteiger partial charge is 0.313 e. The van der Waals surface area contributed by atoms with E-state index >= 15 is 0 Å². The normalized spacial score (nSPS) is 13.4. The van der Waals surface area contributed by atoms with Gasteiger partial charge in [-0.1, -0.05) is 26.0 Å². The predicted molar refractivity (Wildman–Crippen MR) is 96.1 cm³/mol. The van der Waals surface area contributed by atoms with E-state index < -0.39 is 17.4 Å². The molecule has 2 amide bonds. The van der Waals surface area contributed by atoms with Gasteiger partial charge in [-0.15, -0.1) is 0 Å². The van der Waals surface area contributed by atoms with E-state index in [1.54, 1.807) is 25.1 Å². The Morgan fingerprint density at radius 2 is 1.83 bits per heavy atom. The van der Waals surface area contributed by atoms with Crippen LogP contribution >= 0.6 is 11.3 Å². The second-order valence-electron chi connectivity index (χ2n) is 6.20. The molecule has 0 aliphatic heterocycles. The highest BCUT2D eigenvalue weighted by Crippen LogP contribution is 2.22. The summed E-state index contributed by atoms with van der Waals surface area (Å²) in [5, 5.41) is 19.0. The minimum Gasteiger partial charge on any atom is -0.384 e. The first-order valence-corrected chi connectivity index (χ1v) is 8.68. The van der Waals surface area contributed by atoms with Crippen LogP contribution in [0.3, 0.4) is 0 Å². The molecule has 0 aliphatic rings. The first-order valence-electron chi connectivity index (χ1n) is 7.74. The number of amides is 2. The Morgan fingerprint density at radius 1 is 1.17 bits per heavy atom. The Kier molecular flexibility index (Phi) is 5.75. The lowest BCUT2D eigenvalue weighted by molar-refractivity contribution is -0.136. The van der Waals surface area contributed by atoms with Gasteiger partial charge in [0.05, 0.1) is 6.54 Å². The van der Waals surface area contributed by atoms with Crippen LogP contribution in [0.25, 0.3) is 0 Å². The molecule has 0 bridgehead atoms. The number of hydrogen-bond acceptors (Lipinski definition) is 4. The van der Waals surface area contributed by atoms with E-state index in [0.29, 0.717) is 17.2 Å². The van der Waals surface area contributed by atoms with Crippen LogP contribution in [0.5, 0.6) is 0 Å². The fourth-order valence-electron chi connectivity index (χ4n) is 2.14. The van der Waals surface area contributed by atoms with E-state index in [9.17, 15) is 14.7 Å². The average molecular weight is 346 g/mol. The summed E-state index contributed by atoms with van der Waals surface area (Å²) in [5.74, 6) is -1.13. The Hall–Kier alpha value is -2.18. The number of aliphatic hydroxyl groups is 1. The topological polar surface area (TPSA) is 78.4 Å². The van der Waals surface area contributed by atoms with E-state index in [0.717, 1.165) is 5.56 Å². The molecule has 1 aromatic heterocycles. The highest BCUT2D eigenvalue weighted by Gasteiger charge is 2.25. The van der Waals surface area contributed by atoms with Crippen LogP contribution in [-0.2, 0) is 15.2 Å². The van der Waals surface area contributed by atoms with Crippen molar-refractivity contribution in [1.82, 2.24) is 5.32 Å². The zero-order chi connectivity index (χ0) is 17.7. The standard InChI is InChI=1S/C18H22N2O3S/c1-12(2)13-4-6-15(7-5-13)20-17(22)16(21)19-11-18(3,23)14-8-9-24-10-14/h4-10,12,23H,11H2,1-3H3,(H,19,21)(H,20,22). The summed E-state index contributed by atoms with van der Waals surface area (Å²) in [6.07, 6.45) is 0. The minimum atomic E-state index is -1.21. The summed E-state index contributed by atoms with van der Waals surface area (Å²) in [6.45, 7) is 5.72. The van der Waals surface area contributed by atoms with Crippen molar-refractivity contribution in [2.75, 3.05) is 11.9 Å². The van der Waals surface area contributed by atoms with E-state index in [1.807, 2.05) is 22.9 Å². The van der Waals surface area contributed by atoms with Crippen molar-refractivity contribution in [2.45, 2.75) is 32.3 Å². The monoisotopic (exact) mass is 346 g/mol. The molecule has 128 valence electrons. The van der Waals surface area contributed by atoms with Crippen molar-refractivity contribution < 1.29 is 14.7 Å². The Labute approximate surface area is 145 Å².